The van der Waals surface area contributed by atoms with Crippen molar-refractivity contribution in [3.05, 3.63) is 47.7 Å². The van der Waals surface area contributed by atoms with Crippen LogP contribution in [0.4, 0.5) is 5.95 Å². The Morgan fingerprint density at radius 1 is 1.21 bits per heavy atom. The van der Waals surface area contributed by atoms with Crippen molar-refractivity contribution in [3.8, 4) is 5.88 Å². The van der Waals surface area contributed by atoms with Crippen LogP contribution in [0.5, 0.6) is 5.88 Å². The Balaban J connectivity index is 1.60. The highest BCUT2D eigenvalue weighted by atomic mass is 16.5. The fraction of sp³-hybridized carbons (Fsp3) is 0.500. The molecule has 0 spiro atoms. The number of benzene rings is 1. The Hall–Kier alpha value is -2.63. The van der Waals surface area contributed by atoms with Crippen molar-refractivity contribution in [1.29, 1.82) is 0 Å². The van der Waals surface area contributed by atoms with E-state index in [1.54, 1.807) is 11.0 Å². The number of likely N-dealkylation sites (N-methyl/N-ethyl adjacent to an activating group) is 1. The molecule has 1 amide bonds. The monoisotopic (exact) mass is 382 g/mol. The van der Waals surface area contributed by atoms with E-state index in [9.17, 15) is 4.79 Å². The van der Waals surface area contributed by atoms with E-state index in [2.05, 4.69) is 21.8 Å². The zero-order chi connectivity index (χ0) is 19.9. The number of hydrogen-bond acceptors (Lipinski definition) is 5. The van der Waals surface area contributed by atoms with E-state index >= 15 is 0 Å². The third-order valence-electron chi connectivity index (χ3n) is 5.18. The average molecular weight is 383 g/mol. The van der Waals surface area contributed by atoms with Crippen LogP contribution < -0.4 is 9.64 Å². The molecule has 0 radical (unpaired) electrons. The van der Waals surface area contributed by atoms with Crippen LogP contribution in [0.25, 0.3) is 0 Å². The Labute approximate surface area is 167 Å². The van der Waals surface area contributed by atoms with Gasteiger partial charge < -0.3 is 14.5 Å². The minimum absolute atomic E-state index is 0.0202. The summed E-state index contributed by atoms with van der Waals surface area (Å²) in [6, 6.07) is 11.8. The van der Waals surface area contributed by atoms with Crippen LogP contribution in [0.2, 0.25) is 0 Å². The molecule has 1 aliphatic rings. The van der Waals surface area contributed by atoms with Gasteiger partial charge >= 0.3 is 0 Å². The first-order valence-corrected chi connectivity index (χ1v) is 10.1. The topological polar surface area (TPSA) is 58.6 Å². The molecule has 0 bridgehead atoms. The predicted molar refractivity (Wildman–Crippen MR) is 110 cm³/mol. The number of rotatable bonds is 7. The smallest absolute Gasteiger partial charge is 0.260 e. The Bertz CT molecular complexity index is 773. The van der Waals surface area contributed by atoms with Gasteiger partial charge in [0.15, 0.2) is 6.61 Å². The predicted octanol–water partition coefficient (Wildman–Crippen LogP) is 3.45. The molecule has 1 fully saturated rings. The van der Waals surface area contributed by atoms with Crippen LogP contribution >= 0.6 is 0 Å². The van der Waals surface area contributed by atoms with Gasteiger partial charge in [-0.15, -0.1) is 0 Å². The minimum Gasteiger partial charge on any atom is -0.467 e. The van der Waals surface area contributed by atoms with Crippen molar-refractivity contribution >= 4 is 11.9 Å². The summed E-state index contributed by atoms with van der Waals surface area (Å²) >= 11 is 0. The Kier molecular flexibility index (Phi) is 6.85. The van der Waals surface area contributed by atoms with Gasteiger partial charge in [-0.1, -0.05) is 37.3 Å². The summed E-state index contributed by atoms with van der Waals surface area (Å²) in [7, 11) is 0. The van der Waals surface area contributed by atoms with Crippen molar-refractivity contribution in [2.45, 2.75) is 40.2 Å². The molecule has 1 aromatic carbocycles. The summed E-state index contributed by atoms with van der Waals surface area (Å²) in [5.74, 6) is 1.87. The number of nitrogens with zero attached hydrogens (tertiary/aromatic N) is 4. The molecule has 0 atom stereocenters. The first-order valence-electron chi connectivity index (χ1n) is 10.1. The van der Waals surface area contributed by atoms with Crippen molar-refractivity contribution in [2.24, 2.45) is 5.92 Å². The summed E-state index contributed by atoms with van der Waals surface area (Å²) in [4.78, 5) is 25.7. The lowest BCUT2D eigenvalue weighted by atomic mass is 10.00. The standard InChI is InChI=1S/C22H30N4O2/c1-4-25(15-19-8-6-5-7-9-19)21(27)16-28-20-14-18(3)23-22(24-20)26-12-10-17(2)11-13-26/h5-9,14,17H,4,10-13,15-16H2,1-3H3. The summed E-state index contributed by atoms with van der Waals surface area (Å²) < 4.78 is 5.75. The van der Waals surface area contributed by atoms with Gasteiger partial charge in [0, 0.05) is 37.9 Å². The van der Waals surface area contributed by atoms with Gasteiger partial charge in [0.05, 0.1) is 0 Å². The van der Waals surface area contributed by atoms with Crippen LogP contribution in [0.3, 0.4) is 0 Å². The van der Waals surface area contributed by atoms with Crippen molar-refractivity contribution < 1.29 is 9.53 Å². The van der Waals surface area contributed by atoms with Gasteiger partial charge in [-0.2, -0.15) is 4.98 Å². The van der Waals surface area contributed by atoms with Gasteiger partial charge in [-0.05, 0) is 38.2 Å². The highest BCUT2D eigenvalue weighted by molar-refractivity contribution is 5.77. The number of ether oxygens (including phenoxy) is 1. The molecular formula is C22H30N4O2. The molecule has 0 unspecified atom stereocenters. The molecule has 2 aromatic rings. The maximum absolute atomic E-state index is 12.6. The summed E-state index contributed by atoms with van der Waals surface area (Å²) in [6.45, 7) is 9.31. The quantitative estimate of drug-likeness (QED) is 0.734. The number of piperidine rings is 1. The molecule has 1 saturated heterocycles. The zero-order valence-corrected chi connectivity index (χ0v) is 17.1. The SMILES string of the molecule is CCN(Cc1ccccc1)C(=O)COc1cc(C)nc(N2CCC(C)CC2)n1. The van der Waals surface area contributed by atoms with E-state index in [1.165, 1.54) is 0 Å². The molecule has 2 heterocycles. The van der Waals surface area contributed by atoms with Crippen LogP contribution in [0, 0.1) is 12.8 Å². The molecule has 6 nitrogen and oxygen atoms in total. The van der Waals surface area contributed by atoms with Gasteiger partial charge in [-0.25, -0.2) is 4.98 Å². The summed E-state index contributed by atoms with van der Waals surface area (Å²) in [5.41, 5.74) is 1.96. The molecule has 1 aliphatic heterocycles. The number of aromatic nitrogens is 2. The van der Waals surface area contributed by atoms with Crippen LogP contribution in [-0.4, -0.2) is 47.0 Å². The first-order chi connectivity index (χ1) is 13.5. The molecule has 6 heteroatoms. The van der Waals surface area contributed by atoms with Crippen LogP contribution in [-0.2, 0) is 11.3 Å². The van der Waals surface area contributed by atoms with Gasteiger partial charge in [-0.3, -0.25) is 4.79 Å². The Morgan fingerprint density at radius 3 is 2.61 bits per heavy atom. The highest BCUT2D eigenvalue weighted by Crippen LogP contribution is 2.22. The van der Waals surface area contributed by atoms with Gasteiger partial charge in [0.2, 0.25) is 11.8 Å². The second-order valence-corrected chi connectivity index (χ2v) is 7.50. The third kappa shape index (κ3) is 5.44. The molecule has 1 aromatic heterocycles. The average Bonchev–Trinajstić information content (AvgIpc) is 2.71. The highest BCUT2D eigenvalue weighted by Gasteiger charge is 2.19. The number of hydrogen-bond donors (Lipinski definition) is 0. The first kappa shape index (κ1) is 20.1. The second-order valence-electron chi connectivity index (χ2n) is 7.50. The number of anilines is 1. The van der Waals surface area contributed by atoms with E-state index in [4.69, 9.17) is 4.74 Å². The van der Waals surface area contributed by atoms with E-state index in [1.807, 2.05) is 44.2 Å². The van der Waals surface area contributed by atoms with Crippen molar-refractivity contribution in [3.63, 3.8) is 0 Å². The summed E-state index contributed by atoms with van der Waals surface area (Å²) in [6.07, 6.45) is 2.30. The molecule has 28 heavy (non-hydrogen) atoms. The van der Waals surface area contributed by atoms with Crippen LogP contribution in [0.15, 0.2) is 36.4 Å². The van der Waals surface area contributed by atoms with E-state index in [0.29, 0.717) is 24.9 Å². The molecule has 150 valence electrons. The maximum atomic E-state index is 12.6. The summed E-state index contributed by atoms with van der Waals surface area (Å²) in [5, 5.41) is 0. The van der Waals surface area contributed by atoms with E-state index in [-0.39, 0.29) is 12.5 Å². The molecule has 0 saturated carbocycles. The molecule has 0 N–H and O–H groups in total. The molecule has 0 aliphatic carbocycles. The largest absolute Gasteiger partial charge is 0.467 e. The normalized spacial score (nSPS) is 14.8. The second kappa shape index (κ2) is 9.53. The zero-order valence-electron chi connectivity index (χ0n) is 17.1. The minimum atomic E-state index is -0.0454. The maximum Gasteiger partial charge on any atom is 0.260 e. The van der Waals surface area contributed by atoms with Crippen molar-refractivity contribution in [1.82, 2.24) is 14.9 Å². The number of carbonyl (C=O) groups is 1. The van der Waals surface area contributed by atoms with E-state index < -0.39 is 0 Å². The van der Waals surface area contributed by atoms with Gasteiger partial charge in [0.1, 0.15) is 0 Å². The fourth-order valence-electron chi connectivity index (χ4n) is 3.36. The van der Waals surface area contributed by atoms with E-state index in [0.717, 1.165) is 43.1 Å². The number of amides is 1. The Morgan fingerprint density at radius 2 is 1.93 bits per heavy atom. The molecular weight excluding hydrogens is 352 g/mol. The number of aryl methyl sites for hydroxylation is 1. The lowest BCUT2D eigenvalue weighted by Crippen LogP contribution is -2.35. The lowest BCUT2D eigenvalue weighted by Gasteiger charge is -2.30. The third-order valence-corrected chi connectivity index (χ3v) is 5.18. The van der Waals surface area contributed by atoms with Crippen molar-refractivity contribution in [2.75, 3.05) is 31.1 Å². The fourth-order valence-corrected chi connectivity index (χ4v) is 3.36. The van der Waals surface area contributed by atoms with Gasteiger partial charge in [0.25, 0.3) is 5.91 Å². The number of carbonyl (C=O) groups excluding carboxylic acids is 1. The lowest BCUT2D eigenvalue weighted by molar-refractivity contribution is -0.133. The van der Waals surface area contributed by atoms with Crippen LogP contribution in [0.1, 0.15) is 37.9 Å². The molecule has 3 rings (SSSR count).